The third-order valence-electron chi connectivity index (χ3n) is 4.87. The lowest BCUT2D eigenvalue weighted by atomic mass is 10.1. The Balaban J connectivity index is 1.31. The SMILES string of the molecule is S=C(NCCCc1ccccc1)Nc1ccc2c(c1)Cc1cc(Br)ccc1-2. The van der Waals surface area contributed by atoms with Crippen LogP contribution in [-0.4, -0.2) is 11.7 Å². The van der Waals surface area contributed by atoms with Crippen LogP contribution in [0.4, 0.5) is 5.69 Å². The van der Waals surface area contributed by atoms with E-state index in [4.69, 9.17) is 12.2 Å². The average Bonchev–Trinajstić information content (AvgIpc) is 3.02. The summed E-state index contributed by atoms with van der Waals surface area (Å²) in [6, 6.07) is 23.6. The second-order valence-electron chi connectivity index (χ2n) is 6.82. The van der Waals surface area contributed by atoms with Crippen molar-refractivity contribution >= 4 is 38.9 Å². The van der Waals surface area contributed by atoms with Crippen molar-refractivity contribution in [3.63, 3.8) is 0 Å². The van der Waals surface area contributed by atoms with Gasteiger partial charge >= 0.3 is 0 Å². The third-order valence-corrected chi connectivity index (χ3v) is 5.61. The van der Waals surface area contributed by atoms with Gasteiger partial charge < -0.3 is 10.6 Å². The topological polar surface area (TPSA) is 24.1 Å². The molecule has 0 saturated carbocycles. The lowest BCUT2D eigenvalue weighted by Crippen LogP contribution is -2.29. The van der Waals surface area contributed by atoms with Crippen LogP contribution in [0.5, 0.6) is 0 Å². The van der Waals surface area contributed by atoms with Crippen LogP contribution in [0.3, 0.4) is 0 Å². The van der Waals surface area contributed by atoms with Crippen molar-refractivity contribution in [2.24, 2.45) is 0 Å². The normalized spacial score (nSPS) is 11.6. The largest absolute Gasteiger partial charge is 0.362 e. The van der Waals surface area contributed by atoms with Crippen molar-refractivity contribution in [1.82, 2.24) is 5.32 Å². The molecule has 0 bridgehead atoms. The number of thiocarbonyl (C=S) groups is 1. The second-order valence-corrected chi connectivity index (χ2v) is 8.14. The van der Waals surface area contributed by atoms with Gasteiger partial charge in [0.1, 0.15) is 0 Å². The molecule has 1 aliphatic carbocycles. The van der Waals surface area contributed by atoms with Crippen molar-refractivity contribution in [3.05, 3.63) is 87.9 Å². The molecule has 0 fully saturated rings. The monoisotopic (exact) mass is 436 g/mol. The summed E-state index contributed by atoms with van der Waals surface area (Å²) in [7, 11) is 0. The first kappa shape index (κ1) is 18.2. The molecule has 0 aromatic heterocycles. The van der Waals surface area contributed by atoms with Gasteiger partial charge in [0.15, 0.2) is 5.11 Å². The number of hydrogen-bond donors (Lipinski definition) is 2. The van der Waals surface area contributed by atoms with E-state index in [0.29, 0.717) is 5.11 Å². The zero-order valence-corrected chi connectivity index (χ0v) is 17.4. The van der Waals surface area contributed by atoms with Crippen molar-refractivity contribution in [2.45, 2.75) is 19.3 Å². The summed E-state index contributed by atoms with van der Waals surface area (Å²) in [6.45, 7) is 0.866. The maximum atomic E-state index is 5.45. The van der Waals surface area contributed by atoms with Gasteiger partial charge in [0.05, 0.1) is 0 Å². The number of benzene rings is 3. The molecule has 2 N–H and O–H groups in total. The summed E-state index contributed by atoms with van der Waals surface area (Å²) in [5.41, 5.74) is 7.79. The van der Waals surface area contributed by atoms with Crippen molar-refractivity contribution < 1.29 is 0 Å². The number of anilines is 1. The van der Waals surface area contributed by atoms with E-state index in [2.05, 4.69) is 93.3 Å². The Kier molecular flexibility index (Phi) is 5.55. The number of halogens is 1. The molecule has 27 heavy (non-hydrogen) atoms. The molecule has 0 unspecified atom stereocenters. The highest BCUT2D eigenvalue weighted by atomic mass is 79.9. The first-order chi connectivity index (χ1) is 13.2. The Morgan fingerprint density at radius 2 is 1.67 bits per heavy atom. The second kappa shape index (κ2) is 8.24. The molecule has 0 heterocycles. The summed E-state index contributed by atoms with van der Waals surface area (Å²) in [5.74, 6) is 0. The van der Waals surface area contributed by atoms with Gasteiger partial charge in [-0.2, -0.15) is 0 Å². The minimum Gasteiger partial charge on any atom is -0.362 e. The van der Waals surface area contributed by atoms with Gasteiger partial charge in [-0.05, 0) is 83.6 Å². The highest BCUT2D eigenvalue weighted by Crippen LogP contribution is 2.38. The van der Waals surface area contributed by atoms with Crippen LogP contribution in [-0.2, 0) is 12.8 Å². The number of fused-ring (bicyclic) bond motifs is 3. The number of nitrogens with one attached hydrogen (secondary N) is 2. The molecule has 0 saturated heterocycles. The first-order valence-corrected chi connectivity index (χ1v) is 10.4. The van der Waals surface area contributed by atoms with E-state index in [0.717, 1.165) is 36.0 Å². The van der Waals surface area contributed by atoms with Crippen molar-refractivity contribution in [2.75, 3.05) is 11.9 Å². The molecule has 2 nitrogen and oxygen atoms in total. The highest BCUT2D eigenvalue weighted by molar-refractivity contribution is 9.10. The fourth-order valence-corrected chi connectivity index (χ4v) is 4.20. The fourth-order valence-electron chi connectivity index (χ4n) is 3.57. The summed E-state index contributed by atoms with van der Waals surface area (Å²) in [5, 5.41) is 7.31. The zero-order valence-electron chi connectivity index (χ0n) is 15.0. The van der Waals surface area contributed by atoms with Gasteiger partial charge in [-0.25, -0.2) is 0 Å². The van der Waals surface area contributed by atoms with E-state index in [1.807, 2.05) is 0 Å². The van der Waals surface area contributed by atoms with E-state index < -0.39 is 0 Å². The molecular weight excluding hydrogens is 416 g/mol. The van der Waals surface area contributed by atoms with Crippen LogP contribution in [0.25, 0.3) is 11.1 Å². The van der Waals surface area contributed by atoms with E-state index in [1.54, 1.807) is 0 Å². The van der Waals surface area contributed by atoms with E-state index in [9.17, 15) is 0 Å². The summed E-state index contributed by atoms with van der Waals surface area (Å²) < 4.78 is 1.13. The quantitative estimate of drug-likeness (QED) is 0.299. The summed E-state index contributed by atoms with van der Waals surface area (Å²) >= 11 is 9.02. The Bertz CT molecular complexity index is 969. The van der Waals surface area contributed by atoms with Crippen LogP contribution in [0.2, 0.25) is 0 Å². The number of aryl methyl sites for hydroxylation is 1. The van der Waals surface area contributed by atoms with Crippen LogP contribution < -0.4 is 10.6 Å². The van der Waals surface area contributed by atoms with Gasteiger partial charge in [0.2, 0.25) is 0 Å². The maximum absolute atomic E-state index is 5.45. The predicted molar refractivity (Wildman–Crippen MR) is 121 cm³/mol. The van der Waals surface area contributed by atoms with Crippen molar-refractivity contribution in [3.8, 4) is 11.1 Å². The highest BCUT2D eigenvalue weighted by Gasteiger charge is 2.18. The maximum Gasteiger partial charge on any atom is 0.170 e. The minimum absolute atomic E-state index is 0.682. The molecule has 3 aromatic carbocycles. The van der Waals surface area contributed by atoms with Crippen LogP contribution in [0, 0.1) is 0 Å². The van der Waals surface area contributed by atoms with Gasteiger partial charge in [0, 0.05) is 16.7 Å². The van der Waals surface area contributed by atoms with Crippen LogP contribution >= 0.6 is 28.1 Å². The van der Waals surface area contributed by atoms with Gasteiger partial charge in [-0.1, -0.05) is 58.4 Å². The summed E-state index contributed by atoms with van der Waals surface area (Å²) in [6.07, 6.45) is 3.08. The number of rotatable bonds is 5. The van der Waals surface area contributed by atoms with Crippen LogP contribution in [0.15, 0.2) is 71.2 Å². The minimum atomic E-state index is 0.682. The van der Waals surface area contributed by atoms with Crippen molar-refractivity contribution in [1.29, 1.82) is 0 Å². The predicted octanol–water partition coefficient (Wildman–Crippen LogP) is 5.94. The fraction of sp³-hybridized carbons (Fsp3) is 0.174. The van der Waals surface area contributed by atoms with Gasteiger partial charge in [-0.3, -0.25) is 0 Å². The average molecular weight is 437 g/mol. The molecule has 1 aliphatic rings. The molecule has 0 radical (unpaired) electrons. The van der Waals surface area contributed by atoms with E-state index >= 15 is 0 Å². The Morgan fingerprint density at radius 1 is 0.926 bits per heavy atom. The van der Waals surface area contributed by atoms with Gasteiger partial charge in [0.25, 0.3) is 0 Å². The van der Waals surface area contributed by atoms with Crippen LogP contribution in [0.1, 0.15) is 23.1 Å². The zero-order chi connectivity index (χ0) is 18.6. The standard InChI is InChI=1S/C23H21BrN2S/c24-19-8-10-21-17(14-19)13-18-15-20(9-11-22(18)21)26-23(27)25-12-4-7-16-5-2-1-3-6-16/h1-3,5-6,8-11,14-15H,4,7,12-13H2,(H2,25,26,27). The molecule has 136 valence electrons. The molecule has 0 aliphatic heterocycles. The molecule has 4 rings (SSSR count). The Labute approximate surface area is 174 Å². The molecule has 0 atom stereocenters. The molecular formula is C23H21BrN2S. The third kappa shape index (κ3) is 4.40. The first-order valence-electron chi connectivity index (χ1n) is 9.19. The number of hydrogen-bond acceptors (Lipinski definition) is 1. The molecule has 3 aromatic rings. The molecule has 0 spiro atoms. The smallest absolute Gasteiger partial charge is 0.170 e. The lowest BCUT2D eigenvalue weighted by molar-refractivity contribution is 0.777. The Morgan fingerprint density at radius 3 is 2.48 bits per heavy atom. The lowest BCUT2D eigenvalue weighted by Gasteiger charge is -2.12. The molecule has 4 heteroatoms. The Hall–Kier alpha value is -2.17. The van der Waals surface area contributed by atoms with Gasteiger partial charge in [-0.15, -0.1) is 0 Å². The van der Waals surface area contributed by atoms with E-state index in [1.165, 1.54) is 27.8 Å². The summed E-state index contributed by atoms with van der Waals surface area (Å²) in [4.78, 5) is 0. The van der Waals surface area contributed by atoms with E-state index in [-0.39, 0.29) is 0 Å². The molecule has 0 amide bonds.